The van der Waals surface area contributed by atoms with Crippen LogP contribution in [0.25, 0.3) is 0 Å². The number of nitrogens with two attached hydrogens (primary N) is 1. The minimum absolute atomic E-state index is 0.448. The van der Waals surface area contributed by atoms with E-state index in [9.17, 15) is 0 Å². The second-order valence-corrected chi connectivity index (χ2v) is 4.78. The van der Waals surface area contributed by atoms with Gasteiger partial charge in [0.05, 0.1) is 0 Å². The summed E-state index contributed by atoms with van der Waals surface area (Å²) in [6, 6.07) is 0.448. The van der Waals surface area contributed by atoms with Crippen LogP contribution in [-0.2, 0) is 0 Å². The van der Waals surface area contributed by atoms with Crippen molar-refractivity contribution in [1.82, 2.24) is 5.43 Å². The lowest BCUT2D eigenvalue weighted by molar-refractivity contribution is 0.347. The molecule has 0 aromatic heterocycles. The van der Waals surface area contributed by atoms with Gasteiger partial charge in [0.15, 0.2) is 0 Å². The lowest BCUT2D eigenvalue weighted by Crippen LogP contribution is -2.40. The van der Waals surface area contributed by atoms with E-state index < -0.39 is 0 Å². The lowest BCUT2D eigenvalue weighted by atomic mass is 9.92. The minimum Gasteiger partial charge on any atom is -0.271 e. The summed E-state index contributed by atoms with van der Waals surface area (Å²) in [7, 11) is 0. The van der Waals surface area contributed by atoms with Crippen molar-refractivity contribution in [3.63, 3.8) is 0 Å². The Morgan fingerprint density at radius 2 is 2.29 bits per heavy atom. The Kier molecular flexibility index (Phi) is 4.63. The van der Waals surface area contributed by atoms with Gasteiger partial charge in [-0.05, 0) is 38.0 Å². The molecule has 0 aromatic rings. The smallest absolute Gasteiger partial charge is 0.0275 e. The summed E-state index contributed by atoms with van der Waals surface area (Å²) in [5, 5.41) is 0. The molecule has 0 spiro atoms. The summed E-state index contributed by atoms with van der Waals surface area (Å²) >= 11 is 0. The fraction of sp³-hybridized carbons (Fsp3) is 0.833. The third kappa shape index (κ3) is 3.10. The lowest BCUT2D eigenvalue weighted by Gasteiger charge is -2.23. The highest BCUT2D eigenvalue weighted by Gasteiger charge is 2.29. The third-order valence-corrected chi connectivity index (χ3v) is 3.51. The van der Waals surface area contributed by atoms with Crippen LogP contribution in [0.15, 0.2) is 12.2 Å². The first-order valence-electron chi connectivity index (χ1n) is 5.77. The van der Waals surface area contributed by atoms with E-state index in [1.807, 2.05) is 0 Å². The van der Waals surface area contributed by atoms with E-state index in [2.05, 4.69) is 25.9 Å². The van der Waals surface area contributed by atoms with Crippen molar-refractivity contribution in [2.45, 2.75) is 52.0 Å². The van der Waals surface area contributed by atoms with E-state index in [4.69, 9.17) is 5.84 Å². The average molecular weight is 196 g/mol. The molecule has 2 heteroatoms. The summed E-state index contributed by atoms with van der Waals surface area (Å²) in [6.07, 6.45) is 6.41. The molecule has 0 bridgehead atoms. The predicted molar refractivity (Wildman–Crippen MR) is 61.7 cm³/mol. The number of hydrogen-bond acceptors (Lipinski definition) is 2. The molecule has 3 atom stereocenters. The second-order valence-electron chi connectivity index (χ2n) is 4.78. The van der Waals surface area contributed by atoms with E-state index in [-0.39, 0.29) is 0 Å². The summed E-state index contributed by atoms with van der Waals surface area (Å²) in [6.45, 7) is 8.33. The Morgan fingerprint density at radius 1 is 1.57 bits per heavy atom. The zero-order valence-electron chi connectivity index (χ0n) is 9.55. The molecular weight excluding hydrogens is 172 g/mol. The molecule has 82 valence electrons. The van der Waals surface area contributed by atoms with Crippen LogP contribution in [0.1, 0.15) is 46.0 Å². The van der Waals surface area contributed by atoms with Gasteiger partial charge in [0.1, 0.15) is 0 Å². The molecule has 3 unspecified atom stereocenters. The van der Waals surface area contributed by atoms with Crippen molar-refractivity contribution < 1.29 is 0 Å². The van der Waals surface area contributed by atoms with Crippen LogP contribution in [-0.4, -0.2) is 6.04 Å². The molecule has 0 aliphatic heterocycles. The van der Waals surface area contributed by atoms with Gasteiger partial charge < -0.3 is 0 Å². The summed E-state index contributed by atoms with van der Waals surface area (Å²) < 4.78 is 0. The molecular formula is C12H24N2. The Balaban J connectivity index is 2.42. The Bertz CT molecular complexity index is 189. The molecule has 3 N–H and O–H groups in total. The Morgan fingerprint density at radius 3 is 2.71 bits per heavy atom. The first-order valence-corrected chi connectivity index (χ1v) is 5.77. The van der Waals surface area contributed by atoms with Gasteiger partial charge in [-0.15, -0.1) is 6.58 Å². The molecule has 1 rings (SSSR count). The number of rotatable bonds is 5. The molecule has 1 aliphatic rings. The van der Waals surface area contributed by atoms with Gasteiger partial charge in [0.2, 0.25) is 0 Å². The van der Waals surface area contributed by atoms with Gasteiger partial charge >= 0.3 is 0 Å². The highest BCUT2D eigenvalue weighted by atomic mass is 15.2. The number of hydrazine groups is 1. The van der Waals surface area contributed by atoms with Crippen LogP contribution in [0.4, 0.5) is 0 Å². The molecule has 1 aliphatic carbocycles. The Labute approximate surface area is 87.9 Å². The van der Waals surface area contributed by atoms with Gasteiger partial charge in [-0.25, -0.2) is 0 Å². The molecule has 0 radical (unpaired) electrons. The monoisotopic (exact) mass is 196 g/mol. The van der Waals surface area contributed by atoms with E-state index in [1.54, 1.807) is 0 Å². The number of nitrogens with one attached hydrogen (secondary N) is 1. The largest absolute Gasteiger partial charge is 0.271 e. The zero-order chi connectivity index (χ0) is 10.6. The van der Waals surface area contributed by atoms with E-state index >= 15 is 0 Å². The molecule has 1 fully saturated rings. The molecule has 0 amide bonds. The quantitative estimate of drug-likeness (QED) is 0.403. The normalized spacial score (nSPS) is 29.1. The minimum atomic E-state index is 0.448. The van der Waals surface area contributed by atoms with Gasteiger partial charge in [0.25, 0.3) is 0 Å². The molecule has 1 saturated carbocycles. The van der Waals surface area contributed by atoms with Crippen molar-refractivity contribution in [3.05, 3.63) is 12.2 Å². The van der Waals surface area contributed by atoms with Gasteiger partial charge in [-0.3, -0.25) is 11.3 Å². The SMILES string of the molecule is C=C(C)CC(NN)C1CCC(CC)C1. The van der Waals surface area contributed by atoms with Crippen LogP contribution in [0.5, 0.6) is 0 Å². The highest BCUT2D eigenvalue weighted by molar-refractivity contribution is 4.96. The van der Waals surface area contributed by atoms with Crippen LogP contribution in [0.2, 0.25) is 0 Å². The average Bonchev–Trinajstić information content (AvgIpc) is 2.62. The first-order chi connectivity index (χ1) is 6.67. The Hall–Kier alpha value is -0.340. The zero-order valence-corrected chi connectivity index (χ0v) is 9.55. The highest BCUT2D eigenvalue weighted by Crippen LogP contribution is 2.36. The van der Waals surface area contributed by atoms with Crippen molar-refractivity contribution in [2.75, 3.05) is 0 Å². The first kappa shape index (κ1) is 11.7. The summed E-state index contributed by atoms with van der Waals surface area (Å²) in [5.41, 5.74) is 4.19. The third-order valence-electron chi connectivity index (χ3n) is 3.51. The standard InChI is InChI=1S/C12H24N2/c1-4-10-5-6-11(8-10)12(14-13)7-9(2)3/h10-12,14H,2,4-8,13H2,1,3H3. The second kappa shape index (κ2) is 5.52. The van der Waals surface area contributed by atoms with E-state index in [0.717, 1.165) is 18.3 Å². The topological polar surface area (TPSA) is 38.0 Å². The maximum absolute atomic E-state index is 5.60. The molecule has 0 saturated heterocycles. The summed E-state index contributed by atoms with van der Waals surface area (Å²) in [4.78, 5) is 0. The van der Waals surface area contributed by atoms with Gasteiger partial charge in [-0.2, -0.15) is 0 Å². The van der Waals surface area contributed by atoms with Gasteiger partial charge in [0, 0.05) is 6.04 Å². The van der Waals surface area contributed by atoms with Crippen LogP contribution in [0, 0.1) is 11.8 Å². The van der Waals surface area contributed by atoms with Crippen molar-refractivity contribution in [1.29, 1.82) is 0 Å². The van der Waals surface area contributed by atoms with E-state index in [1.165, 1.54) is 31.3 Å². The van der Waals surface area contributed by atoms with Crippen LogP contribution < -0.4 is 11.3 Å². The van der Waals surface area contributed by atoms with Crippen molar-refractivity contribution >= 4 is 0 Å². The summed E-state index contributed by atoms with van der Waals surface area (Å²) in [5.74, 6) is 7.29. The fourth-order valence-electron chi connectivity index (χ4n) is 2.59. The molecule has 0 aromatic carbocycles. The van der Waals surface area contributed by atoms with E-state index in [0.29, 0.717) is 6.04 Å². The fourth-order valence-corrected chi connectivity index (χ4v) is 2.59. The predicted octanol–water partition coefficient (Wildman–Crippen LogP) is 2.61. The maximum Gasteiger partial charge on any atom is 0.0275 e. The van der Waals surface area contributed by atoms with Crippen molar-refractivity contribution in [2.24, 2.45) is 17.7 Å². The molecule has 14 heavy (non-hydrogen) atoms. The number of hydrogen-bond donors (Lipinski definition) is 2. The van der Waals surface area contributed by atoms with Crippen LogP contribution >= 0.6 is 0 Å². The van der Waals surface area contributed by atoms with Gasteiger partial charge in [-0.1, -0.05) is 25.3 Å². The molecule has 0 heterocycles. The maximum atomic E-state index is 5.60. The van der Waals surface area contributed by atoms with Crippen molar-refractivity contribution in [3.8, 4) is 0 Å². The molecule has 2 nitrogen and oxygen atoms in total. The van der Waals surface area contributed by atoms with Crippen LogP contribution in [0.3, 0.4) is 0 Å².